The van der Waals surface area contributed by atoms with Gasteiger partial charge >= 0.3 is 0 Å². The molecule has 1 aliphatic rings. The highest BCUT2D eigenvalue weighted by Crippen LogP contribution is 2.36. The summed E-state index contributed by atoms with van der Waals surface area (Å²) in [7, 11) is 0. The summed E-state index contributed by atoms with van der Waals surface area (Å²) in [6, 6.07) is 16.7. The summed E-state index contributed by atoms with van der Waals surface area (Å²) in [5, 5.41) is 11.2. The molecule has 0 aromatic heterocycles. The highest BCUT2D eigenvalue weighted by Gasteiger charge is 2.34. The van der Waals surface area contributed by atoms with Crippen LogP contribution in [0.5, 0.6) is 11.5 Å². The zero-order chi connectivity index (χ0) is 17.6. The molecular formula is C20H21NO4. The Morgan fingerprint density at radius 1 is 1.08 bits per heavy atom. The van der Waals surface area contributed by atoms with Crippen molar-refractivity contribution in [3.05, 3.63) is 70.3 Å². The summed E-state index contributed by atoms with van der Waals surface area (Å²) in [5.41, 5.74) is 0.797. The minimum absolute atomic E-state index is 0.146. The van der Waals surface area contributed by atoms with Crippen LogP contribution < -0.4 is 4.74 Å². The fraction of sp³-hybridized carbons (Fsp3) is 0.350. The van der Waals surface area contributed by atoms with Gasteiger partial charge in [0.2, 0.25) is 6.54 Å². The number of hydrogen-bond donors (Lipinski definition) is 0. The Morgan fingerprint density at radius 3 is 2.56 bits per heavy atom. The minimum Gasteiger partial charge on any atom is -0.457 e. The van der Waals surface area contributed by atoms with Crippen LogP contribution in [-0.4, -0.2) is 17.3 Å². The lowest BCUT2D eigenvalue weighted by Crippen LogP contribution is -2.30. The van der Waals surface area contributed by atoms with E-state index in [0.29, 0.717) is 17.9 Å². The van der Waals surface area contributed by atoms with Gasteiger partial charge in [0.1, 0.15) is 17.3 Å². The third kappa shape index (κ3) is 4.44. The number of rotatable bonds is 6. The molecule has 1 fully saturated rings. The summed E-state index contributed by atoms with van der Waals surface area (Å²) >= 11 is 0. The van der Waals surface area contributed by atoms with E-state index in [1.807, 2.05) is 54.6 Å². The number of carbonyl (C=O) groups excluding carboxylic acids is 1. The molecule has 2 atom stereocenters. The molecule has 1 aliphatic carbocycles. The fourth-order valence-corrected chi connectivity index (χ4v) is 3.49. The van der Waals surface area contributed by atoms with E-state index < -0.39 is 5.92 Å². The largest absolute Gasteiger partial charge is 0.457 e. The third-order valence-electron chi connectivity index (χ3n) is 4.70. The van der Waals surface area contributed by atoms with Gasteiger partial charge in [-0.05, 0) is 42.7 Å². The summed E-state index contributed by atoms with van der Waals surface area (Å²) in [6.07, 6.45) is 3.09. The maximum Gasteiger partial charge on any atom is 0.211 e. The number of nitro groups is 1. The lowest BCUT2D eigenvalue weighted by Gasteiger charge is -2.27. The zero-order valence-electron chi connectivity index (χ0n) is 14.0. The van der Waals surface area contributed by atoms with Crippen LogP contribution in [-0.2, 0) is 4.79 Å². The number of ether oxygens (including phenoxy) is 1. The van der Waals surface area contributed by atoms with Crippen LogP contribution in [0.3, 0.4) is 0 Å². The first-order chi connectivity index (χ1) is 12.1. The van der Waals surface area contributed by atoms with Crippen molar-refractivity contribution in [2.45, 2.75) is 31.6 Å². The highest BCUT2D eigenvalue weighted by atomic mass is 16.6. The normalized spacial score (nSPS) is 18.6. The number of benzene rings is 2. The predicted molar refractivity (Wildman–Crippen MR) is 94.5 cm³/mol. The van der Waals surface area contributed by atoms with Gasteiger partial charge in [0.15, 0.2) is 0 Å². The van der Waals surface area contributed by atoms with E-state index >= 15 is 0 Å². The van der Waals surface area contributed by atoms with Crippen molar-refractivity contribution in [3.8, 4) is 11.5 Å². The Morgan fingerprint density at radius 2 is 1.84 bits per heavy atom. The molecule has 1 saturated carbocycles. The second-order valence-electron chi connectivity index (χ2n) is 6.43. The molecular weight excluding hydrogens is 318 g/mol. The van der Waals surface area contributed by atoms with Crippen molar-refractivity contribution in [1.82, 2.24) is 0 Å². The smallest absolute Gasteiger partial charge is 0.211 e. The first-order valence-electron chi connectivity index (χ1n) is 8.61. The van der Waals surface area contributed by atoms with Gasteiger partial charge in [0.05, 0.1) is 5.92 Å². The Labute approximate surface area is 146 Å². The van der Waals surface area contributed by atoms with E-state index in [1.54, 1.807) is 0 Å². The number of nitrogens with zero attached hydrogens (tertiary/aromatic N) is 1. The number of Topliss-reactive ketones (excluding diaryl/α,β-unsaturated/α-hetero) is 1. The van der Waals surface area contributed by atoms with E-state index in [-0.39, 0.29) is 23.2 Å². The van der Waals surface area contributed by atoms with Crippen molar-refractivity contribution >= 4 is 5.78 Å². The zero-order valence-corrected chi connectivity index (χ0v) is 14.0. The molecule has 0 amide bonds. The molecule has 0 radical (unpaired) electrons. The van der Waals surface area contributed by atoms with Gasteiger partial charge in [-0.1, -0.05) is 36.8 Å². The number of carbonyl (C=O) groups is 1. The Hall–Kier alpha value is -2.69. The van der Waals surface area contributed by atoms with Gasteiger partial charge < -0.3 is 4.74 Å². The molecule has 0 saturated heterocycles. The number of ketones is 1. The third-order valence-corrected chi connectivity index (χ3v) is 4.70. The van der Waals surface area contributed by atoms with Crippen LogP contribution in [0.25, 0.3) is 0 Å². The van der Waals surface area contributed by atoms with Gasteiger partial charge in [0.25, 0.3) is 0 Å². The quantitative estimate of drug-likeness (QED) is 0.570. The second-order valence-corrected chi connectivity index (χ2v) is 6.43. The van der Waals surface area contributed by atoms with Crippen LogP contribution >= 0.6 is 0 Å². The molecule has 0 N–H and O–H groups in total. The lowest BCUT2D eigenvalue weighted by molar-refractivity contribution is -0.484. The highest BCUT2D eigenvalue weighted by molar-refractivity contribution is 5.82. The Balaban J connectivity index is 1.86. The molecule has 2 aromatic rings. The van der Waals surface area contributed by atoms with Gasteiger partial charge in [-0.2, -0.15) is 0 Å². The van der Waals surface area contributed by atoms with Gasteiger partial charge in [-0.3, -0.25) is 14.9 Å². The minimum atomic E-state index is -0.401. The standard InChI is InChI=1S/C20H21NO4/c22-20-12-5-4-11-18(20)19(14-21(23)24)15-7-6-10-17(13-15)25-16-8-2-1-3-9-16/h1-3,6-10,13,18-19H,4-5,11-12,14H2/t18-,19-/m0/s1. The molecule has 0 unspecified atom stereocenters. The van der Waals surface area contributed by atoms with Crippen LogP contribution in [0.15, 0.2) is 54.6 Å². The number of hydrogen-bond acceptors (Lipinski definition) is 4. The molecule has 25 heavy (non-hydrogen) atoms. The second kappa shape index (κ2) is 7.92. The van der Waals surface area contributed by atoms with Crippen molar-refractivity contribution in [1.29, 1.82) is 0 Å². The predicted octanol–water partition coefficient (Wildman–Crippen LogP) is 4.60. The van der Waals surface area contributed by atoms with E-state index in [1.165, 1.54) is 0 Å². The van der Waals surface area contributed by atoms with E-state index in [9.17, 15) is 14.9 Å². The molecule has 5 heteroatoms. The molecule has 3 rings (SSSR count). The van der Waals surface area contributed by atoms with Crippen molar-refractivity contribution in [2.75, 3.05) is 6.54 Å². The molecule has 0 bridgehead atoms. The van der Waals surface area contributed by atoms with Gasteiger partial charge in [-0.15, -0.1) is 0 Å². The van der Waals surface area contributed by atoms with E-state index in [4.69, 9.17) is 4.74 Å². The van der Waals surface area contributed by atoms with Crippen LogP contribution in [0.1, 0.15) is 37.2 Å². The number of para-hydroxylation sites is 1. The lowest BCUT2D eigenvalue weighted by atomic mass is 9.76. The van der Waals surface area contributed by atoms with Crippen LogP contribution in [0, 0.1) is 16.0 Å². The SMILES string of the molecule is O=C1CCCC[C@H]1[C@@H](C[N+](=O)[O-])c1cccc(Oc2ccccc2)c1. The maximum absolute atomic E-state index is 12.3. The Kier molecular flexibility index (Phi) is 5.43. The topological polar surface area (TPSA) is 69.4 Å². The maximum atomic E-state index is 12.3. The molecule has 0 heterocycles. The fourth-order valence-electron chi connectivity index (χ4n) is 3.49. The summed E-state index contributed by atoms with van der Waals surface area (Å²) in [5.74, 6) is 0.806. The summed E-state index contributed by atoms with van der Waals surface area (Å²) in [6.45, 7) is -0.231. The van der Waals surface area contributed by atoms with Crippen molar-refractivity contribution in [3.63, 3.8) is 0 Å². The molecule has 2 aromatic carbocycles. The molecule has 130 valence electrons. The van der Waals surface area contributed by atoms with Gasteiger partial charge in [-0.25, -0.2) is 0 Å². The average molecular weight is 339 g/mol. The van der Waals surface area contributed by atoms with Crippen molar-refractivity contribution < 1.29 is 14.5 Å². The summed E-state index contributed by atoms with van der Waals surface area (Å²) in [4.78, 5) is 23.2. The average Bonchev–Trinajstić information content (AvgIpc) is 2.61. The molecule has 5 nitrogen and oxygen atoms in total. The molecule has 0 spiro atoms. The van der Waals surface area contributed by atoms with E-state index in [2.05, 4.69) is 0 Å². The molecule has 0 aliphatic heterocycles. The van der Waals surface area contributed by atoms with E-state index in [0.717, 1.165) is 24.8 Å². The first-order valence-corrected chi connectivity index (χ1v) is 8.61. The van der Waals surface area contributed by atoms with Crippen LogP contribution in [0.4, 0.5) is 0 Å². The summed E-state index contributed by atoms with van der Waals surface area (Å²) < 4.78 is 5.83. The Bertz CT molecular complexity index is 744. The monoisotopic (exact) mass is 339 g/mol. The van der Waals surface area contributed by atoms with Gasteiger partial charge in [0, 0.05) is 17.3 Å². The first kappa shape index (κ1) is 17.1. The van der Waals surface area contributed by atoms with Crippen LogP contribution in [0.2, 0.25) is 0 Å². The van der Waals surface area contributed by atoms with Crippen molar-refractivity contribution in [2.24, 2.45) is 5.92 Å².